The van der Waals surface area contributed by atoms with Crippen LogP contribution in [0, 0.1) is 6.92 Å². The molecule has 0 aliphatic carbocycles. The van der Waals surface area contributed by atoms with Crippen LogP contribution in [-0.2, 0) is 0 Å². The fourth-order valence-corrected chi connectivity index (χ4v) is 2.97. The topological polar surface area (TPSA) is 20.3 Å². The van der Waals surface area contributed by atoms with E-state index >= 15 is 0 Å². The lowest BCUT2D eigenvalue weighted by atomic mass is 10.1. The Hall–Kier alpha value is -0.540. The molecule has 0 bridgehead atoms. The zero-order valence-electron chi connectivity index (χ0n) is 11.7. The van der Waals surface area contributed by atoms with Crippen molar-refractivity contribution in [3.05, 3.63) is 34.3 Å². The lowest BCUT2D eigenvalue weighted by Gasteiger charge is -2.30. The lowest BCUT2D eigenvalue weighted by Crippen LogP contribution is -2.41. The van der Waals surface area contributed by atoms with Crippen molar-refractivity contribution in [1.82, 2.24) is 4.90 Å². The number of rotatable bonds is 6. The summed E-state index contributed by atoms with van der Waals surface area (Å²) in [6, 6.07) is 5.80. The molecule has 0 heterocycles. The van der Waals surface area contributed by atoms with Gasteiger partial charge in [-0.1, -0.05) is 41.4 Å². The number of carbonyl (C=O) groups excluding carboxylic acids is 1. The highest BCUT2D eigenvalue weighted by Crippen LogP contribution is 2.19. The summed E-state index contributed by atoms with van der Waals surface area (Å²) < 4.78 is 0. The van der Waals surface area contributed by atoms with E-state index in [1.807, 2.05) is 24.0 Å². The van der Waals surface area contributed by atoms with Gasteiger partial charge in [-0.15, -0.1) is 0 Å². The molecule has 0 unspecified atom stereocenters. The van der Waals surface area contributed by atoms with E-state index in [0.29, 0.717) is 10.6 Å². The molecule has 4 heteroatoms. The van der Waals surface area contributed by atoms with Crippen molar-refractivity contribution < 1.29 is 4.79 Å². The number of carbonyl (C=O) groups is 1. The first-order valence-electron chi connectivity index (χ1n) is 6.67. The van der Waals surface area contributed by atoms with Crippen LogP contribution in [0.15, 0.2) is 18.2 Å². The summed E-state index contributed by atoms with van der Waals surface area (Å²) in [5.41, 5.74) is 1.69. The van der Waals surface area contributed by atoms with Gasteiger partial charge in [0.1, 0.15) is 0 Å². The third kappa shape index (κ3) is 4.50. The van der Waals surface area contributed by atoms with E-state index in [1.165, 1.54) is 0 Å². The molecule has 0 saturated heterocycles. The predicted octanol–water partition coefficient (Wildman–Crippen LogP) is 4.67. The van der Waals surface area contributed by atoms with Crippen LogP contribution in [0.3, 0.4) is 0 Å². The number of nitrogens with zero attached hydrogens (tertiary/aromatic N) is 1. The standard InChI is InChI=1S/C15H21BrClNO/c1-4-14(5-2)18(7-6-16)15(19)12-8-11(3)9-13(17)10-12/h8-10,14H,4-7H2,1-3H3. The highest BCUT2D eigenvalue weighted by Gasteiger charge is 2.22. The van der Waals surface area contributed by atoms with Crippen LogP contribution >= 0.6 is 27.5 Å². The summed E-state index contributed by atoms with van der Waals surface area (Å²) in [6.45, 7) is 6.91. The van der Waals surface area contributed by atoms with Crippen LogP contribution in [0.2, 0.25) is 5.02 Å². The molecule has 106 valence electrons. The molecule has 1 aromatic carbocycles. The van der Waals surface area contributed by atoms with Gasteiger partial charge in [0.15, 0.2) is 0 Å². The molecule has 1 amide bonds. The summed E-state index contributed by atoms with van der Waals surface area (Å²) >= 11 is 9.47. The van der Waals surface area contributed by atoms with Crippen LogP contribution < -0.4 is 0 Å². The average molecular weight is 347 g/mol. The minimum absolute atomic E-state index is 0.0683. The maximum absolute atomic E-state index is 12.6. The fraction of sp³-hybridized carbons (Fsp3) is 0.533. The van der Waals surface area contributed by atoms with E-state index in [-0.39, 0.29) is 11.9 Å². The Morgan fingerprint density at radius 1 is 1.32 bits per heavy atom. The van der Waals surface area contributed by atoms with Crippen LogP contribution in [-0.4, -0.2) is 28.7 Å². The Morgan fingerprint density at radius 2 is 1.95 bits per heavy atom. The van der Waals surface area contributed by atoms with E-state index in [2.05, 4.69) is 29.8 Å². The molecular weight excluding hydrogens is 326 g/mol. The minimum atomic E-state index is 0.0683. The number of benzene rings is 1. The smallest absolute Gasteiger partial charge is 0.254 e. The first-order valence-corrected chi connectivity index (χ1v) is 8.17. The van der Waals surface area contributed by atoms with Crippen molar-refractivity contribution in [1.29, 1.82) is 0 Å². The number of amides is 1. The second kappa shape index (κ2) is 7.91. The molecular formula is C15H21BrClNO. The van der Waals surface area contributed by atoms with Gasteiger partial charge in [-0.3, -0.25) is 4.79 Å². The van der Waals surface area contributed by atoms with Crippen LogP contribution in [0.5, 0.6) is 0 Å². The predicted molar refractivity (Wildman–Crippen MR) is 85.4 cm³/mol. The maximum Gasteiger partial charge on any atom is 0.254 e. The van der Waals surface area contributed by atoms with E-state index in [1.54, 1.807) is 6.07 Å². The van der Waals surface area contributed by atoms with Crippen LogP contribution in [0.1, 0.15) is 42.6 Å². The van der Waals surface area contributed by atoms with Crippen molar-refractivity contribution in [3.63, 3.8) is 0 Å². The minimum Gasteiger partial charge on any atom is -0.335 e. The lowest BCUT2D eigenvalue weighted by molar-refractivity contribution is 0.0683. The van der Waals surface area contributed by atoms with Gasteiger partial charge in [0, 0.05) is 28.5 Å². The van der Waals surface area contributed by atoms with Gasteiger partial charge in [0.05, 0.1) is 0 Å². The number of hydrogen-bond donors (Lipinski definition) is 0. The zero-order valence-corrected chi connectivity index (χ0v) is 14.1. The van der Waals surface area contributed by atoms with Gasteiger partial charge < -0.3 is 4.90 Å². The first kappa shape index (κ1) is 16.5. The third-order valence-electron chi connectivity index (χ3n) is 3.26. The van der Waals surface area contributed by atoms with E-state index in [0.717, 1.165) is 30.3 Å². The highest BCUT2D eigenvalue weighted by molar-refractivity contribution is 9.09. The monoisotopic (exact) mass is 345 g/mol. The largest absolute Gasteiger partial charge is 0.335 e. The SMILES string of the molecule is CCC(CC)N(CCBr)C(=O)c1cc(C)cc(Cl)c1. The van der Waals surface area contributed by atoms with Gasteiger partial charge in [0.2, 0.25) is 0 Å². The molecule has 0 radical (unpaired) electrons. The molecule has 0 N–H and O–H groups in total. The molecule has 0 aromatic heterocycles. The van der Waals surface area contributed by atoms with Crippen molar-refractivity contribution in [2.45, 2.75) is 39.7 Å². The zero-order chi connectivity index (χ0) is 14.4. The van der Waals surface area contributed by atoms with Crippen molar-refractivity contribution >= 4 is 33.4 Å². The molecule has 0 fully saturated rings. The van der Waals surface area contributed by atoms with Crippen molar-refractivity contribution in [3.8, 4) is 0 Å². The van der Waals surface area contributed by atoms with Crippen LogP contribution in [0.4, 0.5) is 0 Å². The molecule has 19 heavy (non-hydrogen) atoms. The Kier molecular flexibility index (Phi) is 6.87. The summed E-state index contributed by atoms with van der Waals surface area (Å²) in [7, 11) is 0. The normalized spacial score (nSPS) is 10.8. The average Bonchev–Trinajstić information content (AvgIpc) is 2.37. The summed E-state index contributed by atoms with van der Waals surface area (Å²) in [4.78, 5) is 14.6. The second-order valence-corrected chi connectivity index (χ2v) is 5.90. The van der Waals surface area contributed by atoms with Gasteiger partial charge in [-0.25, -0.2) is 0 Å². The summed E-state index contributed by atoms with van der Waals surface area (Å²) in [6.07, 6.45) is 1.93. The number of alkyl halides is 1. The van der Waals surface area contributed by atoms with E-state index < -0.39 is 0 Å². The van der Waals surface area contributed by atoms with Gasteiger partial charge in [0.25, 0.3) is 5.91 Å². The van der Waals surface area contributed by atoms with Crippen molar-refractivity contribution in [2.24, 2.45) is 0 Å². The van der Waals surface area contributed by atoms with Crippen molar-refractivity contribution in [2.75, 3.05) is 11.9 Å². The van der Waals surface area contributed by atoms with Crippen LogP contribution in [0.25, 0.3) is 0 Å². The summed E-state index contributed by atoms with van der Waals surface area (Å²) in [5.74, 6) is 0.0683. The maximum atomic E-state index is 12.6. The molecule has 1 rings (SSSR count). The highest BCUT2D eigenvalue weighted by atomic mass is 79.9. The Morgan fingerprint density at radius 3 is 2.42 bits per heavy atom. The third-order valence-corrected chi connectivity index (χ3v) is 3.83. The van der Waals surface area contributed by atoms with Gasteiger partial charge in [-0.2, -0.15) is 0 Å². The molecule has 2 nitrogen and oxygen atoms in total. The number of hydrogen-bond acceptors (Lipinski definition) is 1. The Bertz CT molecular complexity index is 412. The number of aryl methyl sites for hydroxylation is 1. The van der Waals surface area contributed by atoms with E-state index in [9.17, 15) is 4.79 Å². The molecule has 1 aromatic rings. The Balaban J connectivity index is 3.04. The first-order chi connectivity index (χ1) is 9.03. The Labute approximate surface area is 129 Å². The quantitative estimate of drug-likeness (QED) is 0.685. The number of halogens is 2. The molecule has 0 spiro atoms. The second-order valence-electron chi connectivity index (χ2n) is 4.68. The molecule has 0 aliphatic rings. The van der Waals surface area contributed by atoms with E-state index in [4.69, 9.17) is 11.6 Å². The molecule has 0 aliphatic heterocycles. The fourth-order valence-electron chi connectivity index (χ4n) is 2.30. The van der Waals surface area contributed by atoms with Gasteiger partial charge >= 0.3 is 0 Å². The summed E-state index contributed by atoms with van der Waals surface area (Å²) in [5, 5.41) is 1.40. The molecule has 0 atom stereocenters. The molecule has 0 saturated carbocycles. The van der Waals surface area contributed by atoms with Gasteiger partial charge in [-0.05, 0) is 43.5 Å².